The van der Waals surface area contributed by atoms with Gasteiger partial charge in [0, 0.05) is 28.3 Å². The van der Waals surface area contributed by atoms with Crippen LogP contribution in [0.5, 0.6) is 0 Å². The summed E-state index contributed by atoms with van der Waals surface area (Å²) in [6.45, 7) is 5.93. The van der Waals surface area contributed by atoms with Crippen LogP contribution in [0.4, 0.5) is 5.69 Å². The second-order valence-electron chi connectivity index (χ2n) is 6.11. The van der Waals surface area contributed by atoms with Crippen molar-refractivity contribution in [3.05, 3.63) is 35.5 Å². The first kappa shape index (κ1) is 19.4. The third-order valence-corrected chi connectivity index (χ3v) is 4.39. The minimum absolute atomic E-state index is 0.213. The van der Waals surface area contributed by atoms with Crippen molar-refractivity contribution in [2.75, 3.05) is 25.0 Å². The minimum atomic E-state index is -0.380. The molecule has 2 aromatic rings. The number of rotatable bonds is 9. The van der Waals surface area contributed by atoms with E-state index in [4.69, 9.17) is 16.8 Å². The van der Waals surface area contributed by atoms with Gasteiger partial charge in [-0.25, -0.2) is 5.48 Å². The van der Waals surface area contributed by atoms with Crippen molar-refractivity contribution in [3.63, 3.8) is 0 Å². The number of hydrogen-bond donors (Lipinski definition) is 3. The van der Waals surface area contributed by atoms with Gasteiger partial charge in [0.1, 0.15) is 0 Å². The lowest BCUT2D eigenvalue weighted by Crippen LogP contribution is -2.36. The van der Waals surface area contributed by atoms with Crippen molar-refractivity contribution >= 4 is 34.1 Å². The molecule has 1 aromatic carbocycles. The largest absolute Gasteiger partial charge is 0.382 e. The summed E-state index contributed by atoms with van der Waals surface area (Å²) in [5.41, 5.74) is 3.59. The van der Waals surface area contributed by atoms with Crippen LogP contribution in [-0.2, 0) is 4.79 Å². The lowest BCUT2D eigenvalue weighted by atomic mass is 10.1. The number of nitrogens with one attached hydrogen (secondary N) is 2. The van der Waals surface area contributed by atoms with Gasteiger partial charge in [0.15, 0.2) is 0 Å². The van der Waals surface area contributed by atoms with Crippen molar-refractivity contribution in [1.29, 1.82) is 0 Å². The molecule has 7 heteroatoms. The first-order chi connectivity index (χ1) is 12.0. The summed E-state index contributed by atoms with van der Waals surface area (Å²) in [4.78, 5) is 17.6. The number of hydrogen-bond acceptors (Lipinski definition) is 5. The zero-order valence-corrected chi connectivity index (χ0v) is 15.4. The molecule has 2 rings (SSSR count). The quantitative estimate of drug-likeness (QED) is 0.470. The first-order valence-electron chi connectivity index (χ1n) is 8.49. The number of aromatic nitrogens is 1. The van der Waals surface area contributed by atoms with Crippen molar-refractivity contribution in [2.24, 2.45) is 0 Å². The molecule has 6 nitrogen and oxygen atoms in total. The Morgan fingerprint density at radius 2 is 2.20 bits per heavy atom. The van der Waals surface area contributed by atoms with E-state index in [0.717, 1.165) is 42.5 Å². The zero-order chi connectivity index (χ0) is 18.2. The highest BCUT2D eigenvalue weighted by molar-refractivity contribution is 6.31. The number of pyridine rings is 1. The summed E-state index contributed by atoms with van der Waals surface area (Å²) in [6, 6.07) is 7.96. The highest BCUT2D eigenvalue weighted by atomic mass is 35.5. The van der Waals surface area contributed by atoms with Gasteiger partial charge in [-0.05, 0) is 57.1 Å². The Bertz CT molecular complexity index is 711. The molecule has 0 radical (unpaired) electrons. The van der Waals surface area contributed by atoms with Gasteiger partial charge in [-0.1, -0.05) is 18.5 Å². The van der Waals surface area contributed by atoms with E-state index < -0.39 is 0 Å². The number of benzene rings is 1. The fraction of sp³-hybridized carbons (Fsp3) is 0.444. The monoisotopic (exact) mass is 364 g/mol. The summed E-state index contributed by atoms with van der Waals surface area (Å²) in [5, 5.41) is 13.9. The molecule has 0 aliphatic heterocycles. The van der Waals surface area contributed by atoms with Crippen LogP contribution in [0.2, 0.25) is 5.02 Å². The second-order valence-corrected chi connectivity index (χ2v) is 6.55. The molecule has 1 atom stereocenters. The Labute approximate surface area is 153 Å². The number of hydroxylamine groups is 1. The smallest absolute Gasteiger partial charge is 0.257 e. The minimum Gasteiger partial charge on any atom is -0.382 e. The van der Waals surface area contributed by atoms with Gasteiger partial charge in [-0.2, -0.15) is 0 Å². The molecule has 1 amide bonds. The van der Waals surface area contributed by atoms with Crippen LogP contribution in [0.25, 0.3) is 10.9 Å². The number of carbonyl (C=O) groups is 1. The Balaban J connectivity index is 1.88. The molecule has 0 fully saturated rings. The van der Waals surface area contributed by atoms with Crippen LogP contribution in [0.15, 0.2) is 30.5 Å². The Hall–Kier alpha value is -1.89. The average molecular weight is 365 g/mol. The first-order valence-corrected chi connectivity index (χ1v) is 8.87. The van der Waals surface area contributed by atoms with Crippen LogP contribution in [0, 0.1) is 0 Å². The van der Waals surface area contributed by atoms with E-state index in [-0.39, 0.29) is 18.5 Å². The van der Waals surface area contributed by atoms with E-state index in [1.165, 1.54) is 0 Å². The van der Waals surface area contributed by atoms with E-state index in [1.807, 2.05) is 36.1 Å². The topological polar surface area (TPSA) is 77.5 Å². The standard InChI is InChI=1S/C18H25ClN4O2/c1-3-23(12-18(24)22-25)10-4-5-13(2)21-16-8-9-20-17-11-14(19)6-7-15(16)17/h6-9,11,13,25H,3-5,10,12H2,1-2H3,(H,20,21)(H,22,24). The van der Waals surface area contributed by atoms with Gasteiger partial charge < -0.3 is 5.32 Å². The third-order valence-electron chi connectivity index (χ3n) is 4.16. The summed E-state index contributed by atoms with van der Waals surface area (Å²) in [5.74, 6) is -0.380. The van der Waals surface area contributed by atoms with Crippen molar-refractivity contribution in [3.8, 4) is 0 Å². The number of halogens is 1. The molecule has 0 aliphatic rings. The predicted octanol–water partition coefficient (Wildman–Crippen LogP) is 3.30. The van der Waals surface area contributed by atoms with Crippen LogP contribution in [-0.4, -0.2) is 46.7 Å². The van der Waals surface area contributed by atoms with E-state index in [1.54, 1.807) is 11.7 Å². The molecule has 1 heterocycles. The normalized spacial score (nSPS) is 12.4. The maximum atomic E-state index is 11.2. The third kappa shape index (κ3) is 5.85. The highest BCUT2D eigenvalue weighted by Crippen LogP contribution is 2.25. The molecule has 0 spiro atoms. The highest BCUT2D eigenvalue weighted by Gasteiger charge is 2.10. The van der Waals surface area contributed by atoms with E-state index in [9.17, 15) is 4.79 Å². The maximum absolute atomic E-state index is 11.2. The SMILES string of the molecule is CCN(CCCC(C)Nc1ccnc2cc(Cl)ccc12)CC(=O)NO. The molecule has 1 unspecified atom stereocenters. The summed E-state index contributed by atoms with van der Waals surface area (Å²) < 4.78 is 0. The molecule has 1 aromatic heterocycles. The fourth-order valence-electron chi connectivity index (χ4n) is 2.79. The lowest BCUT2D eigenvalue weighted by Gasteiger charge is -2.21. The van der Waals surface area contributed by atoms with Crippen LogP contribution < -0.4 is 10.8 Å². The Kier molecular flexibility index (Phi) is 7.43. The van der Waals surface area contributed by atoms with Crippen LogP contribution in [0.1, 0.15) is 26.7 Å². The summed E-state index contributed by atoms with van der Waals surface area (Å²) in [7, 11) is 0. The Morgan fingerprint density at radius 1 is 1.40 bits per heavy atom. The van der Waals surface area contributed by atoms with Crippen LogP contribution in [0.3, 0.4) is 0 Å². The molecule has 0 aliphatic carbocycles. The number of carbonyl (C=O) groups excluding carboxylic acids is 1. The number of fused-ring (bicyclic) bond motifs is 1. The molecule has 0 saturated carbocycles. The molecule has 0 saturated heterocycles. The molecular weight excluding hydrogens is 340 g/mol. The van der Waals surface area contributed by atoms with E-state index in [2.05, 4.69) is 17.2 Å². The molecular formula is C18H25ClN4O2. The summed E-state index contributed by atoms with van der Waals surface area (Å²) >= 11 is 6.03. The molecule has 25 heavy (non-hydrogen) atoms. The molecule has 3 N–H and O–H groups in total. The number of amides is 1. The fourth-order valence-corrected chi connectivity index (χ4v) is 2.96. The van der Waals surface area contributed by atoms with Gasteiger partial charge in [0.25, 0.3) is 5.91 Å². The molecule has 136 valence electrons. The van der Waals surface area contributed by atoms with Crippen molar-refractivity contribution in [2.45, 2.75) is 32.7 Å². The van der Waals surface area contributed by atoms with Crippen molar-refractivity contribution in [1.82, 2.24) is 15.4 Å². The van der Waals surface area contributed by atoms with Crippen LogP contribution >= 0.6 is 11.6 Å². The van der Waals surface area contributed by atoms with Gasteiger partial charge in [0.2, 0.25) is 0 Å². The van der Waals surface area contributed by atoms with Gasteiger partial charge in [-0.15, -0.1) is 0 Å². The van der Waals surface area contributed by atoms with Gasteiger partial charge in [0.05, 0.1) is 12.1 Å². The number of anilines is 1. The predicted molar refractivity (Wildman–Crippen MR) is 101 cm³/mol. The van der Waals surface area contributed by atoms with E-state index >= 15 is 0 Å². The second kappa shape index (κ2) is 9.56. The molecule has 0 bridgehead atoms. The average Bonchev–Trinajstić information content (AvgIpc) is 2.60. The maximum Gasteiger partial charge on any atom is 0.257 e. The van der Waals surface area contributed by atoms with E-state index in [0.29, 0.717) is 5.02 Å². The van der Waals surface area contributed by atoms with Crippen molar-refractivity contribution < 1.29 is 10.0 Å². The number of likely N-dealkylation sites (N-methyl/N-ethyl adjacent to an activating group) is 1. The Morgan fingerprint density at radius 3 is 2.92 bits per heavy atom. The van der Waals surface area contributed by atoms with Gasteiger partial charge in [-0.3, -0.25) is 19.9 Å². The zero-order valence-electron chi connectivity index (χ0n) is 14.6. The lowest BCUT2D eigenvalue weighted by molar-refractivity contribution is -0.130. The van der Waals surface area contributed by atoms with Gasteiger partial charge >= 0.3 is 0 Å². The summed E-state index contributed by atoms with van der Waals surface area (Å²) in [6.07, 6.45) is 3.70. The number of nitrogens with zero attached hydrogens (tertiary/aromatic N) is 2.